The van der Waals surface area contributed by atoms with Crippen molar-refractivity contribution in [3.05, 3.63) is 33.8 Å². The van der Waals surface area contributed by atoms with E-state index in [9.17, 15) is 4.79 Å². The number of hydrogen-bond acceptors (Lipinski definition) is 2. The van der Waals surface area contributed by atoms with Gasteiger partial charge in [0.1, 0.15) is 0 Å². The van der Waals surface area contributed by atoms with Crippen LogP contribution in [0.3, 0.4) is 0 Å². The molecule has 0 bridgehead atoms. The highest BCUT2D eigenvalue weighted by molar-refractivity contribution is 9.10. The zero-order valence-corrected chi connectivity index (χ0v) is 13.4. The molecule has 0 heterocycles. The Hall–Kier alpha value is -0.870. The van der Waals surface area contributed by atoms with E-state index in [1.54, 1.807) is 12.1 Å². The summed E-state index contributed by atoms with van der Waals surface area (Å²) in [6.45, 7) is 3.04. The highest BCUT2D eigenvalue weighted by Crippen LogP contribution is 2.27. The van der Waals surface area contributed by atoms with E-state index in [1.165, 1.54) is 32.1 Å². The summed E-state index contributed by atoms with van der Waals surface area (Å²) in [5, 5.41) is 12.5. The van der Waals surface area contributed by atoms with Gasteiger partial charge >= 0.3 is 5.97 Å². The van der Waals surface area contributed by atoms with Crippen molar-refractivity contribution >= 4 is 21.9 Å². The van der Waals surface area contributed by atoms with Crippen LogP contribution >= 0.6 is 15.9 Å². The van der Waals surface area contributed by atoms with E-state index in [-0.39, 0.29) is 0 Å². The summed E-state index contributed by atoms with van der Waals surface area (Å²) >= 11 is 3.46. The maximum Gasteiger partial charge on any atom is 0.335 e. The molecule has 1 aromatic carbocycles. The molecule has 0 unspecified atom stereocenters. The molecule has 1 saturated carbocycles. The lowest BCUT2D eigenvalue weighted by molar-refractivity contribution is 0.0697. The molecule has 0 aromatic heterocycles. The summed E-state index contributed by atoms with van der Waals surface area (Å²) in [5.41, 5.74) is 1.43. The zero-order chi connectivity index (χ0) is 14.5. The Balaban J connectivity index is 1.91. The Morgan fingerprint density at radius 3 is 2.70 bits per heavy atom. The topological polar surface area (TPSA) is 49.3 Å². The third-order valence-corrected chi connectivity index (χ3v) is 5.01. The van der Waals surface area contributed by atoms with Gasteiger partial charge in [-0.1, -0.05) is 41.3 Å². The molecule has 2 rings (SSSR count). The van der Waals surface area contributed by atoms with E-state index < -0.39 is 5.97 Å². The SMILES string of the molecule is C[C@H](NCc1ccc(C(=O)O)cc1Br)C1CCCCC1. The number of rotatable bonds is 5. The van der Waals surface area contributed by atoms with Gasteiger partial charge in [-0.05, 0) is 43.4 Å². The highest BCUT2D eigenvalue weighted by Gasteiger charge is 2.19. The number of carbonyl (C=O) groups is 1. The van der Waals surface area contributed by atoms with E-state index in [0.717, 1.165) is 22.5 Å². The Bertz CT molecular complexity index is 470. The first-order chi connectivity index (χ1) is 9.58. The number of nitrogens with one attached hydrogen (secondary N) is 1. The Kier molecular flexibility index (Phi) is 5.61. The maximum absolute atomic E-state index is 10.9. The van der Waals surface area contributed by atoms with Crippen LogP contribution in [0.1, 0.15) is 54.9 Å². The molecule has 20 heavy (non-hydrogen) atoms. The number of carboxylic acids is 1. The van der Waals surface area contributed by atoms with Gasteiger partial charge in [-0.25, -0.2) is 4.79 Å². The number of aromatic carboxylic acids is 1. The van der Waals surface area contributed by atoms with Gasteiger partial charge in [0.2, 0.25) is 0 Å². The summed E-state index contributed by atoms with van der Waals surface area (Å²) in [4.78, 5) is 10.9. The molecule has 3 nitrogen and oxygen atoms in total. The zero-order valence-electron chi connectivity index (χ0n) is 11.9. The molecule has 1 aliphatic rings. The predicted octanol–water partition coefficient (Wildman–Crippen LogP) is 4.21. The van der Waals surface area contributed by atoms with Crippen LogP contribution in [0.15, 0.2) is 22.7 Å². The van der Waals surface area contributed by atoms with Crippen LogP contribution in [0.25, 0.3) is 0 Å². The van der Waals surface area contributed by atoms with E-state index >= 15 is 0 Å². The highest BCUT2D eigenvalue weighted by atomic mass is 79.9. The van der Waals surface area contributed by atoms with Crippen molar-refractivity contribution in [1.82, 2.24) is 5.32 Å². The molecular weight excluding hydrogens is 318 g/mol. The normalized spacial score (nSPS) is 17.9. The molecule has 2 N–H and O–H groups in total. The molecule has 1 aromatic rings. The van der Waals surface area contributed by atoms with E-state index in [4.69, 9.17) is 5.11 Å². The van der Waals surface area contributed by atoms with Crippen LogP contribution in [0, 0.1) is 5.92 Å². The Morgan fingerprint density at radius 1 is 1.40 bits per heavy atom. The van der Waals surface area contributed by atoms with Crippen LogP contribution < -0.4 is 5.32 Å². The summed E-state index contributed by atoms with van der Waals surface area (Å²) in [7, 11) is 0. The second kappa shape index (κ2) is 7.23. The van der Waals surface area contributed by atoms with Crippen molar-refractivity contribution in [3.63, 3.8) is 0 Å². The lowest BCUT2D eigenvalue weighted by atomic mass is 9.84. The van der Waals surface area contributed by atoms with Crippen LogP contribution in [0.5, 0.6) is 0 Å². The quantitative estimate of drug-likeness (QED) is 0.844. The van der Waals surface area contributed by atoms with E-state index in [2.05, 4.69) is 28.2 Å². The van der Waals surface area contributed by atoms with Crippen molar-refractivity contribution in [2.45, 2.75) is 51.6 Å². The van der Waals surface area contributed by atoms with Gasteiger partial charge in [0.15, 0.2) is 0 Å². The van der Waals surface area contributed by atoms with Crippen LogP contribution in [0.4, 0.5) is 0 Å². The Labute approximate surface area is 128 Å². The summed E-state index contributed by atoms with van der Waals surface area (Å²) < 4.78 is 0.862. The van der Waals surface area contributed by atoms with Crippen molar-refractivity contribution in [1.29, 1.82) is 0 Å². The first-order valence-corrected chi connectivity index (χ1v) is 8.12. The van der Waals surface area contributed by atoms with Crippen molar-refractivity contribution in [2.24, 2.45) is 5.92 Å². The molecule has 4 heteroatoms. The lowest BCUT2D eigenvalue weighted by Gasteiger charge is -2.28. The molecule has 0 aliphatic heterocycles. The molecule has 1 atom stereocenters. The van der Waals surface area contributed by atoms with Gasteiger partial charge in [0.25, 0.3) is 0 Å². The van der Waals surface area contributed by atoms with Gasteiger partial charge in [-0.3, -0.25) is 0 Å². The minimum Gasteiger partial charge on any atom is -0.478 e. The fraction of sp³-hybridized carbons (Fsp3) is 0.562. The van der Waals surface area contributed by atoms with E-state index in [1.807, 2.05) is 6.07 Å². The summed E-state index contributed by atoms with van der Waals surface area (Å²) in [5.74, 6) is -0.110. The minimum atomic E-state index is -0.888. The van der Waals surface area contributed by atoms with Gasteiger partial charge in [0, 0.05) is 17.1 Å². The smallest absolute Gasteiger partial charge is 0.335 e. The Morgan fingerprint density at radius 2 is 2.10 bits per heavy atom. The van der Waals surface area contributed by atoms with Crippen LogP contribution in [-0.2, 0) is 6.54 Å². The second-order valence-electron chi connectivity index (χ2n) is 5.68. The molecule has 0 amide bonds. The second-order valence-corrected chi connectivity index (χ2v) is 6.53. The minimum absolute atomic E-state index is 0.320. The van der Waals surface area contributed by atoms with E-state index in [0.29, 0.717) is 11.6 Å². The monoisotopic (exact) mass is 339 g/mol. The first kappa shape index (κ1) is 15.5. The van der Waals surface area contributed by atoms with Crippen molar-refractivity contribution < 1.29 is 9.90 Å². The van der Waals surface area contributed by atoms with Gasteiger partial charge in [-0.2, -0.15) is 0 Å². The fourth-order valence-corrected chi connectivity index (χ4v) is 3.41. The number of halogens is 1. The molecule has 0 spiro atoms. The summed E-state index contributed by atoms with van der Waals surface area (Å²) in [6.07, 6.45) is 6.74. The third-order valence-electron chi connectivity index (χ3n) is 4.27. The largest absolute Gasteiger partial charge is 0.478 e. The number of carboxylic acid groups (broad SMARTS) is 1. The van der Waals surface area contributed by atoms with Gasteiger partial charge < -0.3 is 10.4 Å². The van der Waals surface area contributed by atoms with Crippen molar-refractivity contribution in [2.75, 3.05) is 0 Å². The first-order valence-electron chi connectivity index (χ1n) is 7.33. The van der Waals surface area contributed by atoms with Gasteiger partial charge in [0.05, 0.1) is 5.56 Å². The molecule has 1 aliphatic carbocycles. The lowest BCUT2D eigenvalue weighted by Crippen LogP contribution is -2.34. The average molecular weight is 340 g/mol. The standard InChI is InChI=1S/C16H22BrNO2/c1-11(12-5-3-2-4-6-12)18-10-14-8-7-13(16(19)20)9-15(14)17/h7-9,11-12,18H,2-6,10H2,1H3,(H,19,20)/t11-/m0/s1. The molecule has 0 saturated heterocycles. The summed E-state index contributed by atoms with van der Waals surface area (Å²) in [6, 6.07) is 5.73. The molecular formula is C16H22BrNO2. The fourth-order valence-electron chi connectivity index (χ4n) is 2.90. The van der Waals surface area contributed by atoms with Gasteiger partial charge in [-0.15, -0.1) is 0 Å². The van der Waals surface area contributed by atoms with Crippen LogP contribution in [0.2, 0.25) is 0 Å². The average Bonchev–Trinajstić information content (AvgIpc) is 2.46. The third kappa shape index (κ3) is 4.06. The van der Waals surface area contributed by atoms with Crippen LogP contribution in [-0.4, -0.2) is 17.1 Å². The molecule has 110 valence electrons. The molecule has 0 radical (unpaired) electrons. The number of benzene rings is 1. The maximum atomic E-state index is 10.9. The van der Waals surface area contributed by atoms with Crippen molar-refractivity contribution in [3.8, 4) is 0 Å². The predicted molar refractivity (Wildman–Crippen MR) is 84.0 cm³/mol. The number of hydrogen-bond donors (Lipinski definition) is 2. The molecule has 1 fully saturated rings.